The quantitative estimate of drug-likeness (QED) is 0.480. The molecule has 8 heteroatoms. The third kappa shape index (κ3) is 5.03. The monoisotopic (exact) mass is 389 g/mol. The number of amides is 1. The van der Waals surface area contributed by atoms with Crippen molar-refractivity contribution in [3.63, 3.8) is 0 Å². The van der Waals surface area contributed by atoms with Gasteiger partial charge in [0.25, 0.3) is 5.91 Å². The molecule has 0 fully saturated rings. The number of halogens is 1. The molecule has 0 aliphatic rings. The zero-order valence-electron chi connectivity index (χ0n) is 13.9. The van der Waals surface area contributed by atoms with E-state index >= 15 is 0 Å². The SMILES string of the molecule is C[C@H](Oc1ccccc1F)C(=O)Nc1nnc(SCc2ccccc2)s1. The fourth-order valence-corrected chi connectivity index (χ4v) is 3.74. The Morgan fingerprint density at radius 2 is 1.92 bits per heavy atom. The number of ether oxygens (including phenoxy) is 1. The van der Waals surface area contributed by atoms with Crippen LogP contribution in [-0.4, -0.2) is 22.2 Å². The highest BCUT2D eigenvalue weighted by molar-refractivity contribution is 8.00. The molecule has 5 nitrogen and oxygen atoms in total. The number of anilines is 1. The lowest BCUT2D eigenvalue weighted by Crippen LogP contribution is -2.30. The van der Waals surface area contributed by atoms with Gasteiger partial charge in [-0.25, -0.2) is 4.39 Å². The Bertz CT molecular complexity index is 874. The van der Waals surface area contributed by atoms with Gasteiger partial charge in [0.2, 0.25) is 5.13 Å². The first-order valence-electron chi connectivity index (χ1n) is 7.84. The Hall–Kier alpha value is -2.45. The van der Waals surface area contributed by atoms with Crippen LogP contribution in [-0.2, 0) is 10.5 Å². The summed E-state index contributed by atoms with van der Waals surface area (Å²) in [6.07, 6.45) is -0.865. The van der Waals surface area contributed by atoms with Gasteiger partial charge >= 0.3 is 0 Å². The number of rotatable bonds is 7. The molecule has 3 rings (SSSR count). The van der Waals surface area contributed by atoms with Crippen LogP contribution < -0.4 is 10.1 Å². The minimum atomic E-state index is -0.865. The number of thioether (sulfide) groups is 1. The summed E-state index contributed by atoms with van der Waals surface area (Å²) in [5, 5.41) is 11.0. The highest BCUT2D eigenvalue weighted by Crippen LogP contribution is 2.28. The smallest absolute Gasteiger partial charge is 0.266 e. The molecular weight excluding hydrogens is 373 g/mol. The van der Waals surface area contributed by atoms with Gasteiger partial charge in [-0.15, -0.1) is 10.2 Å². The highest BCUT2D eigenvalue weighted by atomic mass is 32.2. The van der Waals surface area contributed by atoms with Crippen LogP contribution >= 0.6 is 23.1 Å². The Morgan fingerprint density at radius 1 is 1.19 bits per heavy atom. The zero-order valence-corrected chi connectivity index (χ0v) is 15.5. The number of nitrogens with one attached hydrogen (secondary N) is 1. The third-order valence-corrected chi connectivity index (χ3v) is 5.39. The van der Waals surface area contributed by atoms with E-state index in [-0.39, 0.29) is 5.75 Å². The molecule has 1 atom stereocenters. The van der Waals surface area contributed by atoms with E-state index < -0.39 is 17.8 Å². The van der Waals surface area contributed by atoms with Crippen LogP contribution in [0.1, 0.15) is 12.5 Å². The van der Waals surface area contributed by atoms with Crippen LogP contribution in [0.2, 0.25) is 0 Å². The number of benzene rings is 2. The van der Waals surface area contributed by atoms with Gasteiger partial charge < -0.3 is 4.74 Å². The molecule has 3 aromatic rings. The summed E-state index contributed by atoms with van der Waals surface area (Å²) in [5.74, 6) is -0.117. The van der Waals surface area contributed by atoms with Gasteiger partial charge in [-0.3, -0.25) is 10.1 Å². The van der Waals surface area contributed by atoms with Crippen LogP contribution in [0.4, 0.5) is 9.52 Å². The lowest BCUT2D eigenvalue weighted by atomic mass is 10.2. The van der Waals surface area contributed by atoms with E-state index in [9.17, 15) is 9.18 Å². The highest BCUT2D eigenvalue weighted by Gasteiger charge is 2.18. The third-order valence-electron chi connectivity index (χ3n) is 3.35. The number of hydrogen-bond donors (Lipinski definition) is 1. The van der Waals surface area contributed by atoms with Gasteiger partial charge in [-0.05, 0) is 24.6 Å². The maximum atomic E-state index is 13.6. The molecule has 1 heterocycles. The van der Waals surface area contributed by atoms with Gasteiger partial charge in [0.15, 0.2) is 22.0 Å². The minimum Gasteiger partial charge on any atom is -0.478 e. The summed E-state index contributed by atoms with van der Waals surface area (Å²) >= 11 is 2.83. The zero-order chi connectivity index (χ0) is 18.4. The summed E-state index contributed by atoms with van der Waals surface area (Å²) in [6, 6.07) is 16.0. The van der Waals surface area contributed by atoms with Gasteiger partial charge in [0.1, 0.15) is 0 Å². The van der Waals surface area contributed by atoms with Crippen molar-refractivity contribution >= 4 is 34.1 Å². The number of carbonyl (C=O) groups is 1. The van der Waals surface area contributed by atoms with E-state index in [1.54, 1.807) is 30.8 Å². The van der Waals surface area contributed by atoms with Crippen molar-refractivity contribution in [1.29, 1.82) is 0 Å². The van der Waals surface area contributed by atoms with Crippen LogP contribution in [0.15, 0.2) is 58.9 Å². The van der Waals surface area contributed by atoms with E-state index in [1.165, 1.54) is 29.0 Å². The Labute approximate surface area is 158 Å². The predicted molar refractivity (Wildman–Crippen MR) is 101 cm³/mol. The molecule has 1 amide bonds. The molecule has 0 radical (unpaired) electrons. The molecule has 0 saturated carbocycles. The molecule has 0 spiro atoms. The molecule has 0 aliphatic carbocycles. The van der Waals surface area contributed by atoms with E-state index in [2.05, 4.69) is 15.5 Å². The number of aromatic nitrogens is 2. The summed E-state index contributed by atoms with van der Waals surface area (Å²) in [5.41, 5.74) is 1.19. The first-order valence-corrected chi connectivity index (χ1v) is 9.64. The summed E-state index contributed by atoms with van der Waals surface area (Å²) in [4.78, 5) is 12.2. The lowest BCUT2D eigenvalue weighted by molar-refractivity contribution is -0.122. The summed E-state index contributed by atoms with van der Waals surface area (Å²) in [6.45, 7) is 1.55. The fourth-order valence-electron chi connectivity index (χ4n) is 2.03. The van der Waals surface area contributed by atoms with Crippen LogP contribution in [0.3, 0.4) is 0 Å². The second-order valence-corrected chi connectivity index (χ2v) is 7.53. The fraction of sp³-hybridized carbons (Fsp3) is 0.167. The van der Waals surface area contributed by atoms with E-state index in [4.69, 9.17) is 4.74 Å². The average Bonchev–Trinajstić information content (AvgIpc) is 3.10. The standard InChI is InChI=1S/C18H16FN3O2S2/c1-12(24-15-10-6-5-9-14(15)19)16(23)20-17-21-22-18(26-17)25-11-13-7-3-2-4-8-13/h2-10,12H,11H2,1H3,(H,20,21,23)/t12-/m0/s1. The van der Waals surface area contributed by atoms with Gasteiger partial charge in [-0.1, -0.05) is 65.6 Å². The lowest BCUT2D eigenvalue weighted by Gasteiger charge is -2.13. The molecule has 1 aromatic heterocycles. The van der Waals surface area contributed by atoms with Crippen molar-refractivity contribution in [3.8, 4) is 5.75 Å². The molecule has 0 aliphatic heterocycles. The van der Waals surface area contributed by atoms with Crippen molar-refractivity contribution in [2.45, 2.75) is 23.1 Å². The second kappa shape index (κ2) is 8.77. The molecule has 1 N–H and O–H groups in total. The molecule has 0 saturated heterocycles. The maximum absolute atomic E-state index is 13.6. The largest absolute Gasteiger partial charge is 0.478 e. The number of carbonyl (C=O) groups excluding carboxylic acids is 1. The maximum Gasteiger partial charge on any atom is 0.266 e. The Morgan fingerprint density at radius 3 is 2.69 bits per heavy atom. The van der Waals surface area contributed by atoms with Crippen molar-refractivity contribution in [1.82, 2.24) is 10.2 Å². The summed E-state index contributed by atoms with van der Waals surface area (Å²) in [7, 11) is 0. The van der Waals surface area contributed by atoms with Crippen molar-refractivity contribution < 1.29 is 13.9 Å². The molecule has 2 aromatic carbocycles. The molecule has 134 valence electrons. The second-order valence-electron chi connectivity index (χ2n) is 5.33. The van der Waals surface area contributed by atoms with Crippen molar-refractivity contribution in [2.75, 3.05) is 5.32 Å². The first-order chi connectivity index (χ1) is 12.6. The van der Waals surface area contributed by atoms with Gasteiger partial charge in [-0.2, -0.15) is 0 Å². The average molecular weight is 389 g/mol. The topological polar surface area (TPSA) is 64.1 Å². The number of para-hydroxylation sites is 1. The molecular formula is C18H16FN3O2S2. The van der Waals surface area contributed by atoms with Crippen LogP contribution in [0.5, 0.6) is 5.75 Å². The summed E-state index contributed by atoms with van der Waals surface area (Å²) < 4.78 is 19.7. The normalized spacial score (nSPS) is 11.8. The Kier molecular flexibility index (Phi) is 6.19. The van der Waals surface area contributed by atoms with Crippen LogP contribution in [0, 0.1) is 5.82 Å². The van der Waals surface area contributed by atoms with E-state index in [0.717, 1.165) is 10.1 Å². The molecule has 0 unspecified atom stereocenters. The van der Waals surface area contributed by atoms with Gasteiger partial charge in [0.05, 0.1) is 0 Å². The molecule has 26 heavy (non-hydrogen) atoms. The Balaban J connectivity index is 1.53. The molecule has 0 bridgehead atoms. The predicted octanol–water partition coefficient (Wildman–Crippen LogP) is 4.38. The van der Waals surface area contributed by atoms with E-state index in [0.29, 0.717) is 5.13 Å². The van der Waals surface area contributed by atoms with Crippen LogP contribution in [0.25, 0.3) is 0 Å². The van der Waals surface area contributed by atoms with Crippen molar-refractivity contribution in [2.24, 2.45) is 0 Å². The number of nitrogens with zero attached hydrogens (tertiary/aromatic N) is 2. The van der Waals surface area contributed by atoms with E-state index in [1.807, 2.05) is 30.3 Å². The number of hydrogen-bond acceptors (Lipinski definition) is 6. The first kappa shape index (κ1) is 18.3. The van der Waals surface area contributed by atoms with Gasteiger partial charge in [0, 0.05) is 5.75 Å². The van der Waals surface area contributed by atoms with Crippen molar-refractivity contribution in [3.05, 3.63) is 66.0 Å². The minimum absolute atomic E-state index is 0.0338.